The first-order valence-corrected chi connectivity index (χ1v) is 6.71. The highest BCUT2D eigenvalue weighted by molar-refractivity contribution is 5.87. The maximum atomic E-state index is 11.9. The van der Waals surface area contributed by atoms with Gasteiger partial charge in [0, 0.05) is 13.1 Å². The van der Waals surface area contributed by atoms with E-state index in [0.717, 1.165) is 51.6 Å². The third kappa shape index (κ3) is 7.49. The Bertz CT molecular complexity index is 191. The molecule has 0 saturated heterocycles. The molecule has 0 heterocycles. The van der Waals surface area contributed by atoms with Crippen molar-refractivity contribution in [2.75, 3.05) is 13.1 Å². The molecule has 0 aromatic rings. The number of unbranched alkanes of at least 4 members (excludes halogenated alkanes) is 3. The van der Waals surface area contributed by atoms with Crippen molar-refractivity contribution in [1.82, 2.24) is 4.90 Å². The van der Waals surface area contributed by atoms with E-state index in [1.807, 2.05) is 11.0 Å². The predicted molar refractivity (Wildman–Crippen MR) is 70.4 cm³/mol. The molecule has 0 saturated carbocycles. The summed E-state index contributed by atoms with van der Waals surface area (Å²) in [7, 11) is 0. The summed E-state index contributed by atoms with van der Waals surface area (Å²) in [6, 6.07) is 0. The Labute approximate surface area is 101 Å². The second-order valence-corrected chi connectivity index (χ2v) is 4.22. The average Bonchev–Trinajstić information content (AvgIpc) is 2.29. The van der Waals surface area contributed by atoms with Gasteiger partial charge in [0.2, 0.25) is 5.91 Å². The van der Waals surface area contributed by atoms with E-state index < -0.39 is 0 Å². The lowest BCUT2D eigenvalue weighted by Crippen LogP contribution is -2.31. The molecular weight excluding hydrogens is 198 g/mol. The van der Waals surface area contributed by atoms with Crippen LogP contribution in [0.3, 0.4) is 0 Å². The van der Waals surface area contributed by atoms with E-state index in [-0.39, 0.29) is 5.91 Å². The SMILES string of the molecule is CCC/C=C/C(=O)N(CCCC)CCCC. The van der Waals surface area contributed by atoms with E-state index in [1.165, 1.54) is 0 Å². The lowest BCUT2D eigenvalue weighted by molar-refractivity contribution is -0.126. The molecule has 0 fully saturated rings. The topological polar surface area (TPSA) is 20.3 Å². The van der Waals surface area contributed by atoms with E-state index in [1.54, 1.807) is 6.08 Å². The molecule has 0 aliphatic heterocycles. The van der Waals surface area contributed by atoms with E-state index in [2.05, 4.69) is 20.8 Å². The Balaban J connectivity index is 4.08. The first-order chi connectivity index (χ1) is 7.76. The van der Waals surface area contributed by atoms with Gasteiger partial charge in [0.25, 0.3) is 0 Å². The molecule has 0 bridgehead atoms. The number of carbonyl (C=O) groups is 1. The van der Waals surface area contributed by atoms with Crippen LogP contribution in [0.25, 0.3) is 0 Å². The van der Waals surface area contributed by atoms with Gasteiger partial charge in [-0.3, -0.25) is 4.79 Å². The Hall–Kier alpha value is -0.790. The van der Waals surface area contributed by atoms with Crippen LogP contribution in [0, 0.1) is 0 Å². The molecule has 0 N–H and O–H groups in total. The molecule has 94 valence electrons. The first kappa shape index (κ1) is 15.2. The number of hydrogen-bond acceptors (Lipinski definition) is 1. The second kappa shape index (κ2) is 10.7. The van der Waals surface area contributed by atoms with Crippen LogP contribution in [0.1, 0.15) is 59.3 Å². The van der Waals surface area contributed by atoms with Gasteiger partial charge >= 0.3 is 0 Å². The van der Waals surface area contributed by atoms with Crippen molar-refractivity contribution in [2.24, 2.45) is 0 Å². The number of amides is 1. The van der Waals surface area contributed by atoms with Crippen LogP contribution in [0.4, 0.5) is 0 Å². The number of hydrogen-bond donors (Lipinski definition) is 0. The van der Waals surface area contributed by atoms with Crippen molar-refractivity contribution >= 4 is 5.91 Å². The van der Waals surface area contributed by atoms with E-state index >= 15 is 0 Å². The van der Waals surface area contributed by atoms with Crippen LogP contribution in [-0.4, -0.2) is 23.9 Å². The molecule has 1 amide bonds. The minimum atomic E-state index is 0.190. The Morgan fingerprint density at radius 2 is 1.56 bits per heavy atom. The summed E-state index contributed by atoms with van der Waals surface area (Å²) >= 11 is 0. The summed E-state index contributed by atoms with van der Waals surface area (Å²) in [6.07, 6.45) is 10.4. The van der Waals surface area contributed by atoms with E-state index in [4.69, 9.17) is 0 Å². The fraction of sp³-hybridized carbons (Fsp3) is 0.786. The van der Waals surface area contributed by atoms with Gasteiger partial charge in [-0.2, -0.15) is 0 Å². The summed E-state index contributed by atoms with van der Waals surface area (Å²) in [4.78, 5) is 13.9. The molecule has 0 unspecified atom stereocenters. The van der Waals surface area contributed by atoms with Gasteiger partial charge in [0.1, 0.15) is 0 Å². The van der Waals surface area contributed by atoms with E-state index in [9.17, 15) is 4.79 Å². The average molecular weight is 225 g/mol. The summed E-state index contributed by atoms with van der Waals surface area (Å²) in [5.41, 5.74) is 0. The van der Waals surface area contributed by atoms with Gasteiger partial charge in [-0.1, -0.05) is 46.1 Å². The van der Waals surface area contributed by atoms with Crippen molar-refractivity contribution in [3.8, 4) is 0 Å². The molecule has 0 atom stereocenters. The number of carbonyl (C=O) groups excluding carboxylic acids is 1. The second-order valence-electron chi connectivity index (χ2n) is 4.22. The molecule has 0 aliphatic carbocycles. The number of allylic oxidation sites excluding steroid dienone is 1. The predicted octanol–water partition coefficient (Wildman–Crippen LogP) is 3.77. The highest BCUT2D eigenvalue weighted by atomic mass is 16.2. The molecule has 0 radical (unpaired) electrons. The smallest absolute Gasteiger partial charge is 0.246 e. The quantitative estimate of drug-likeness (QED) is 0.547. The molecule has 2 heteroatoms. The Kier molecular flexibility index (Phi) is 10.2. The zero-order valence-corrected chi connectivity index (χ0v) is 11.2. The Morgan fingerprint density at radius 1 is 1.00 bits per heavy atom. The monoisotopic (exact) mass is 225 g/mol. The van der Waals surface area contributed by atoms with Crippen LogP contribution >= 0.6 is 0 Å². The number of rotatable bonds is 9. The van der Waals surface area contributed by atoms with Gasteiger partial charge in [-0.15, -0.1) is 0 Å². The first-order valence-electron chi connectivity index (χ1n) is 6.71. The minimum absolute atomic E-state index is 0.190. The van der Waals surface area contributed by atoms with Gasteiger partial charge < -0.3 is 4.90 Å². The number of nitrogens with zero attached hydrogens (tertiary/aromatic N) is 1. The largest absolute Gasteiger partial charge is 0.339 e. The molecule has 0 aromatic carbocycles. The zero-order chi connectivity index (χ0) is 12.2. The van der Waals surface area contributed by atoms with Crippen LogP contribution < -0.4 is 0 Å². The third-order valence-electron chi connectivity index (χ3n) is 2.59. The van der Waals surface area contributed by atoms with Crippen molar-refractivity contribution < 1.29 is 4.79 Å². The third-order valence-corrected chi connectivity index (χ3v) is 2.59. The highest BCUT2D eigenvalue weighted by Crippen LogP contribution is 2.01. The lowest BCUT2D eigenvalue weighted by Gasteiger charge is -2.20. The van der Waals surface area contributed by atoms with E-state index in [0.29, 0.717) is 0 Å². The van der Waals surface area contributed by atoms with Gasteiger partial charge in [-0.25, -0.2) is 0 Å². The highest BCUT2D eigenvalue weighted by Gasteiger charge is 2.08. The van der Waals surface area contributed by atoms with Crippen LogP contribution in [-0.2, 0) is 4.79 Å². The van der Waals surface area contributed by atoms with Crippen LogP contribution in [0.2, 0.25) is 0 Å². The lowest BCUT2D eigenvalue weighted by atomic mass is 10.2. The summed E-state index contributed by atoms with van der Waals surface area (Å²) in [5.74, 6) is 0.190. The minimum Gasteiger partial charge on any atom is -0.339 e. The Morgan fingerprint density at radius 3 is 2.00 bits per heavy atom. The fourth-order valence-electron chi connectivity index (χ4n) is 1.49. The van der Waals surface area contributed by atoms with Gasteiger partial charge in [0.15, 0.2) is 0 Å². The molecule has 0 aliphatic rings. The fourth-order valence-corrected chi connectivity index (χ4v) is 1.49. The van der Waals surface area contributed by atoms with Crippen LogP contribution in [0.5, 0.6) is 0 Å². The summed E-state index contributed by atoms with van der Waals surface area (Å²) in [5, 5.41) is 0. The summed E-state index contributed by atoms with van der Waals surface area (Å²) < 4.78 is 0. The van der Waals surface area contributed by atoms with Crippen molar-refractivity contribution in [3.63, 3.8) is 0 Å². The van der Waals surface area contributed by atoms with Gasteiger partial charge in [-0.05, 0) is 25.3 Å². The summed E-state index contributed by atoms with van der Waals surface area (Å²) in [6.45, 7) is 8.27. The van der Waals surface area contributed by atoms with Gasteiger partial charge in [0.05, 0.1) is 0 Å². The molecule has 0 spiro atoms. The van der Waals surface area contributed by atoms with Crippen molar-refractivity contribution in [1.29, 1.82) is 0 Å². The van der Waals surface area contributed by atoms with Crippen molar-refractivity contribution in [2.45, 2.75) is 59.3 Å². The maximum Gasteiger partial charge on any atom is 0.246 e. The zero-order valence-electron chi connectivity index (χ0n) is 11.2. The molecule has 2 nitrogen and oxygen atoms in total. The van der Waals surface area contributed by atoms with Crippen molar-refractivity contribution in [3.05, 3.63) is 12.2 Å². The molecule has 0 aromatic heterocycles. The maximum absolute atomic E-state index is 11.9. The molecule has 16 heavy (non-hydrogen) atoms. The molecule has 0 rings (SSSR count). The normalized spacial score (nSPS) is 10.9. The molecular formula is C14H27NO. The standard InChI is InChI=1S/C14H27NO/c1-4-7-10-11-14(16)15(12-8-5-2)13-9-6-3/h10-11H,4-9,12-13H2,1-3H3/b11-10+. The van der Waals surface area contributed by atoms with Crippen LogP contribution in [0.15, 0.2) is 12.2 Å².